The Morgan fingerprint density at radius 3 is 2.78 bits per heavy atom. The highest BCUT2D eigenvalue weighted by Gasteiger charge is 2.19. The molecule has 9 heavy (non-hydrogen) atoms. The van der Waals surface area contributed by atoms with Gasteiger partial charge in [0.15, 0.2) is 0 Å². The van der Waals surface area contributed by atoms with Crippen molar-refractivity contribution in [2.75, 3.05) is 0 Å². The lowest BCUT2D eigenvalue weighted by Crippen LogP contribution is -2.14. The van der Waals surface area contributed by atoms with Crippen LogP contribution in [0.2, 0.25) is 0 Å². The van der Waals surface area contributed by atoms with Crippen LogP contribution in [0.4, 0.5) is 0 Å². The summed E-state index contributed by atoms with van der Waals surface area (Å²) in [6.45, 7) is 2.02. The van der Waals surface area contributed by atoms with Crippen molar-refractivity contribution in [3.05, 3.63) is 24.0 Å². The number of aliphatic hydroxyl groups is 1. The van der Waals surface area contributed by atoms with Crippen LogP contribution in [0.1, 0.15) is 13.3 Å². The topological polar surface area (TPSA) is 20.2 Å². The lowest BCUT2D eigenvalue weighted by Gasteiger charge is -2.19. The molecule has 1 aliphatic rings. The maximum absolute atomic E-state index is 9.02. The van der Waals surface area contributed by atoms with Crippen molar-refractivity contribution in [3.63, 3.8) is 0 Å². The van der Waals surface area contributed by atoms with Crippen molar-refractivity contribution in [1.82, 2.24) is 0 Å². The van der Waals surface area contributed by atoms with E-state index in [9.17, 15) is 0 Å². The normalized spacial score (nSPS) is 34.2. The largest absolute Gasteiger partial charge is 0.512 e. The Balaban J connectivity index is 2.73. The van der Waals surface area contributed by atoms with E-state index in [1.807, 2.05) is 19.1 Å². The zero-order valence-corrected chi connectivity index (χ0v) is 6.85. The van der Waals surface area contributed by atoms with Crippen LogP contribution in [0.15, 0.2) is 24.0 Å². The molecule has 0 aromatic carbocycles. The van der Waals surface area contributed by atoms with Crippen LogP contribution in [0.3, 0.4) is 0 Å². The number of rotatable bonds is 0. The maximum Gasteiger partial charge on any atom is 0.0939 e. The fourth-order valence-electron chi connectivity index (χ4n) is 0.832. The Morgan fingerprint density at radius 2 is 2.44 bits per heavy atom. The molecule has 0 saturated heterocycles. The van der Waals surface area contributed by atoms with E-state index in [-0.39, 0.29) is 4.32 Å². The van der Waals surface area contributed by atoms with E-state index in [4.69, 9.17) is 5.11 Å². The summed E-state index contributed by atoms with van der Waals surface area (Å²) in [6.07, 6.45) is 6.27. The number of alkyl halides is 1. The summed E-state index contributed by atoms with van der Waals surface area (Å²) in [5, 5.41) is 9.02. The third kappa shape index (κ3) is 1.86. The molecule has 1 nitrogen and oxygen atoms in total. The summed E-state index contributed by atoms with van der Waals surface area (Å²) in [4.78, 5) is 0. The van der Waals surface area contributed by atoms with Gasteiger partial charge in [0.05, 0.1) is 5.76 Å². The SMILES string of the molecule is CC1(Br)C=CC=C(O)C1. The van der Waals surface area contributed by atoms with Gasteiger partial charge in [0.1, 0.15) is 0 Å². The zero-order chi connectivity index (χ0) is 6.91. The Hall–Kier alpha value is -0.240. The van der Waals surface area contributed by atoms with E-state index in [0.717, 1.165) is 0 Å². The summed E-state index contributed by atoms with van der Waals surface area (Å²) in [7, 11) is 0. The molecule has 0 aromatic rings. The molecule has 0 spiro atoms. The van der Waals surface area contributed by atoms with Crippen molar-refractivity contribution in [2.45, 2.75) is 17.7 Å². The van der Waals surface area contributed by atoms with E-state index in [0.29, 0.717) is 12.2 Å². The van der Waals surface area contributed by atoms with Crippen LogP contribution in [0.25, 0.3) is 0 Å². The lowest BCUT2D eigenvalue weighted by molar-refractivity contribution is 0.378. The first-order chi connectivity index (χ1) is 4.10. The molecule has 0 saturated carbocycles. The van der Waals surface area contributed by atoms with E-state index >= 15 is 0 Å². The molecule has 1 unspecified atom stereocenters. The van der Waals surface area contributed by atoms with Gasteiger partial charge in [-0.3, -0.25) is 0 Å². The first kappa shape index (κ1) is 6.87. The molecule has 0 bridgehead atoms. The van der Waals surface area contributed by atoms with Crippen LogP contribution < -0.4 is 0 Å². The smallest absolute Gasteiger partial charge is 0.0939 e. The van der Waals surface area contributed by atoms with Gasteiger partial charge in [-0.2, -0.15) is 0 Å². The molecule has 50 valence electrons. The Morgan fingerprint density at radius 1 is 1.78 bits per heavy atom. The average Bonchev–Trinajstić information content (AvgIpc) is 1.60. The summed E-state index contributed by atoms with van der Waals surface area (Å²) >= 11 is 3.45. The Labute approximate surface area is 63.2 Å². The molecule has 0 fully saturated rings. The van der Waals surface area contributed by atoms with Gasteiger partial charge in [0.2, 0.25) is 0 Å². The fourth-order valence-corrected chi connectivity index (χ4v) is 1.27. The molecular formula is C7H9BrO. The van der Waals surface area contributed by atoms with E-state index < -0.39 is 0 Å². The Kier molecular flexibility index (Phi) is 1.66. The third-order valence-corrected chi connectivity index (χ3v) is 1.80. The number of halogens is 1. The van der Waals surface area contributed by atoms with Crippen molar-refractivity contribution in [3.8, 4) is 0 Å². The molecule has 1 aliphatic carbocycles. The molecule has 0 radical (unpaired) electrons. The minimum absolute atomic E-state index is 0.0359. The van der Waals surface area contributed by atoms with Gasteiger partial charge in [0, 0.05) is 10.7 Å². The van der Waals surface area contributed by atoms with Gasteiger partial charge >= 0.3 is 0 Å². The molecule has 0 aromatic heterocycles. The van der Waals surface area contributed by atoms with Gasteiger partial charge in [0.25, 0.3) is 0 Å². The summed E-state index contributed by atoms with van der Waals surface area (Å²) in [6, 6.07) is 0. The highest BCUT2D eigenvalue weighted by atomic mass is 79.9. The number of allylic oxidation sites excluding steroid dienone is 4. The molecule has 1 N–H and O–H groups in total. The quantitative estimate of drug-likeness (QED) is 0.580. The molecular weight excluding hydrogens is 180 g/mol. The highest BCUT2D eigenvalue weighted by molar-refractivity contribution is 9.10. The summed E-state index contributed by atoms with van der Waals surface area (Å²) in [5.41, 5.74) is 0. The molecule has 0 aliphatic heterocycles. The molecule has 0 amide bonds. The van der Waals surface area contributed by atoms with Gasteiger partial charge in [-0.05, 0) is 13.0 Å². The van der Waals surface area contributed by atoms with Crippen LogP contribution >= 0.6 is 15.9 Å². The zero-order valence-electron chi connectivity index (χ0n) is 5.26. The van der Waals surface area contributed by atoms with Crippen LogP contribution in [0.5, 0.6) is 0 Å². The standard InChI is InChI=1S/C7H9BrO/c1-7(8)4-2-3-6(9)5-7/h2-4,9H,5H2,1H3. The van der Waals surface area contributed by atoms with E-state index in [2.05, 4.69) is 15.9 Å². The van der Waals surface area contributed by atoms with E-state index in [1.54, 1.807) is 6.08 Å². The summed E-state index contributed by atoms with van der Waals surface area (Å²) in [5.74, 6) is 0.442. The van der Waals surface area contributed by atoms with Crippen molar-refractivity contribution < 1.29 is 5.11 Å². The predicted molar refractivity (Wildman–Crippen MR) is 41.8 cm³/mol. The van der Waals surface area contributed by atoms with E-state index in [1.165, 1.54) is 0 Å². The number of aliphatic hydroxyl groups excluding tert-OH is 1. The fraction of sp³-hybridized carbons (Fsp3) is 0.429. The number of hydrogen-bond donors (Lipinski definition) is 1. The Bertz CT molecular complexity index is 168. The minimum Gasteiger partial charge on any atom is -0.512 e. The lowest BCUT2D eigenvalue weighted by atomic mass is 10.0. The van der Waals surface area contributed by atoms with Crippen molar-refractivity contribution in [2.24, 2.45) is 0 Å². The average molecular weight is 189 g/mol. The highest BCUT2D eigenvalue weighted by Crippen LogP contribution is 2.29. The second-order valence-electron chi connectivity index (χ2n) is 2.47. The van der Waals surface area contributed by atoms with Crippen LogP contribution in [-0.2, 0) is 0 Å². The van der Waals surface area contributed by atoms with Gasteiger partial charge in [-0.1, -0.05) is 28.1 Å². The predicted octanol–water partition coefficient (Wildman–Crippen LogP) is 2.54. The van der Waals surface area contributed by atoms with Gasteiger partial charge in [-0.15, -0.1) is 0 Å². The second-order valence-corrected chi connectivity index (χ2v) is 4.28. The van der Waals surface area contributed by atoms with Gasteiger partial charge in [-0.25, -0.2) is 0 Å². The van der Waals surface area contributed by atoms with Crippen LogP contribution in [-0.4, -0.2) is 9.43 Å². The maximum atomic E-state index is 9.02. The van der Waals surface area contributed by atoms with Crippen molar-refractivity contribution in [1.29, 1.82) is 0 Å². The first-order valence-electron chi connectivity index (χ1n) is 2.86. The number of hydrogen-bond acceptors (Lipinski definition) is 1. The minimum atomic E-state index is -0.0359. The first-order valence-corrected chi connectivity index (χ1v) is 3.66. The van der Waals surface area contributed by atoms with Crippen LogP contribution in [0, 0.1) is 0 Å². The van der Waals surface area contributed by atoms with Crippen molar-refractivity contribution >= 4 is 15.9 Å². The van der Waals surface area contributed by atoms with Gasteiger partial charge < -0.3 is 5.11 Å². The molecule has 0 heterocycles. The second kappa shape index (κ2) is 2.18. The molecule has 1 rings (SSSR count). The third-order valence-electron chi connectivity index (χ3n) is 1.26. The monoisotopic (exact) mass is 188 g/mol. The molecule has 1 atom stereocenters. The summed E-state index contributed by atoms with van der Waals surface area (Å²) < 4.78 is -0.0359. The molecule has 2 heteroatoms.